The number of halogens is 3. The molecule has 3 N–H and O–H groups in total. The zero-order chi connectivity index (χ0) is 20.3. The lowest BCUT2D eigenvalue weighted by molar-refractivity contribution is -0.170. The van der Waals surface area contributed by atoms with E-state index < -0.39 is 48.7 Å². The van der Waals surface area contributed by atoms with Crippen LogP contribution in [0.5, 0.6) is 0 Å². The van der Waals surface area contributed by atoms with E-state index in [-0.39, 0.29) is 25.6 Å². The van der Waals surface area contributed by atoms with Crippen LogP contribution in [0.4, 0.5) is 13.2 Å². The monoisotopic (exact) mass is 437 g/mol. The normalized spacial score (nSPS) is 39.5. The van der Waals surface area contributed by atoms with Crippen LogP contribution in [0, 0.1) is 22.7 Å². The lowest BCUT2D eigenvalue weighted by Gasteiger charge is -2.62. The largest absolute Gasteiger partial charge is 0.512 e. The van der Waals surface area contributed by atoms with E-state index in [9.17, 15) is 40.2 Å². The Bertz CT molecular complexity index is 798. The van der Waals surface area contributed by atoms with E-state index in [1.54, 1.807) is 0 Å². The zero-order valence-corrected chi connectivity index (χ0v) is 15.9. The molecule has 3 bridgehead atoms. The number of hydrogen-bond acceptors (Lipinski definition) is 7. The topological polar surface area (TPSA) is 130 Å². The molecule has 3 fully saturated rings. The first-order valence-corrected chi connectivity index (χ1v) is 11.4. The standard InChI is InChI=1S/C14H22F3NO7S2/c15-14(16,17)26(21,22)18-27(23,24)25-11-3-10-1-2-12(7-19)4-9(11)5-13(10,6-12)8-20/h9-11,18-20H,1-8H2. The van der Waals surface area contributed by atoms with Crippen molar-refractivity contribution < 1.29 is 44.4 Å². The van der Waals surface area contributed by atoms with Crippen LogP contribution in [0.25, 0.3) is 0 Å². The van der Waals surface area contributed by atoms with Crippen LogP contribution >= 0.6 is 0 Å². The van der Waals surface area contributed by atoms with E-state index in [0.29, 0.717) is 36.2 Å². The third kappa shape index (κ3) is 3.73. The molecule has 3 saturated carbocycles. The van der Waals surface area contributed by atoms with E-state index >= 15 is 0 Å². The SMILES string of the molecule is O=S(=O)(NS(=O)(=O)C(F)(F)F)OC1CC2CCC3(CO)CC1CC2(CO)C3. The Hall–Kier alpha value is -0.470. The average molecular weight is 437 g/mol. The minimum atomic E-state index is -6.11. The quantitative estimate of drug-likeness (QED) is 0.556. The maximum Gasteiger partial charge on any atom is 0.512 e. The Morgan fingerprint density at radius 1 is 1.11 bits per heavy atom. The van der Waals surface area contributed by atoms with Crippen LogP contribution in [0.2, 0.25) is 0 Å². The maximum absolute atomic E-state index is 12.4. The molecule has 0 saturated heterocycles. The van der Waals surface area contributed by atoms with Gasteiger partial charge in [-0.2, -0.15) is 21.6 Å². The van der Waals surface area contributed by atoms with Gasteiger partial charge in [0, 0.05) is 13.2 Å². The summed E-state index contributed by atoms with van der Waals surface area (Å²) in [5.74, 6) is -0.530. The van der Waals surface area contributed by atoms with Crippen molar-refractivity contribution in [2.24, 2.45) is 22.7 Å². The molecule has 13 heteroatoms. The van der Waals surface area contributed by atoms with Crippen molar-refractivity contribution in [2.45, 2.75) is 50.1 Å². The highest BCUT2D eigenvalue weighted by molar-refractivity contribution is 8.03. The second kappa shape index (κ2) is 6.52. The Labute approximate surface area is 155 Å². The molecule has 0 aliphatic heterocycles. The molecule has 27 heavy (non-hydrogen) atoms. The smallest absolute Gasteiger partial charge is 0.396 e. The van der Waals surface area contributed by atoms with Crippen molar-refractivity contribution in [1.82, 2.24) is 4.13 Å². The molecule has 5 unspecified atom stereocenters. The highest BCUT2D eigenvalue weighted by Gasteiger charge is 2.60. The molecule has 0 radical (unpaired) electrons. The van der Waals surface area contributed by atoms with Crippen molar-refractivity contribution in [1.29, 1.82) is 0 Å². The van der Waals surface area contributed by atoms with E-state index in [2.05, 4.69) is 0 Å². The van der Waals surface area contributed by atoms with Gasteiger partial charge in [0.2, 0.25) is 0 Å². The highest BCUT2D eigenvalue weighted by Crippen LogP contribution is 2.64. The van der Waals surface area contributed by atoms with Gasteiger partial charge in [-0.3, -0.25) is 4.18 Å². The number of rotatable bonds is 6. The van der Waals surface area contributed by atoms with Crippen molar-refractivity contribution in [3.8, 4) is 0 Å². The number of alkyl halides is 3. The molecule has 158 valence electrons. The third-order valence-corrected chi connectivity index (χ3v) is 9.24. The van der Waals surface area contributed by atoms with Crippen molar-refractivity contribution in [3.05, 3.63) is 0 Å². The first kappa shape index (κ1) is 21.2. The van der Waals surface area contributed by atoms with Crippen LogP contribution in [0.1, 0.15) is 38.5 Å². The average Bonchev–Trinajstić information content (AvgIpc) is 2.53. The number of fused-ring (bicyclic) bond motifs is 2. The lowest BCUT2D eigenvalue weighted by atomic mass is 9.44. The van der Waals surface area contributed by atoms with Gasteiger partial charge in [-0.1, -0.05) is 4.13 Å². The molecule has 0 aromatic carbocycles. The summed E-state index contributed by atoms with van der Waals surface area (Å²) in [4.78, 5) is 0. The van der Waals surface area contributed by atoms with Crippen LogP contribution in [-0.4, -0.2) is 51.9 Å². The van der Waals surface area contributed by atoms with E-state index in [1.807, 2.05) is 0 Å². The fourth-order valence-electron chi connectivity index (χ4n) is 5.36. The molecule has 0 aromatic heterocycles. The molecule has 3 aliphatic rings. The summed E-state index contributed by atoms with van der Waals surface area (Å²) in [6.45, 7) is -0.270. The Morgan fingerprint density at radius 3 is 2.33 bits per heavy atom. The van der Waals surface area contributed by atoms with Gasteiger partial charge in [0.1, 0.15) is 0 Å². The van der Waals surface area contributed by atoms with Gasteiger partial charge >= 0.3 is 25.8 Å². The number of aliphatic hydroxyl groups excluding tert-OH is 2. The van der Waals surface area contributed by atoms with Crippen LogP contribution < -0.4 is 4.13 Å². The summed E-state index contributed by atoms with van der Waals surface area (Å²) in [6.07, 6.45) is 1.96. The van der Waals surface area contributed by atoms with Crippen molar-refractivity contribution >= 4 is 20.3 Å². The highest BCUT2D eigenvalue weighted by atomic mass is 32.3. The molecule has 0 heterocycles. The molecule has 0 amide bonds. The van der Waals surface area contributed by atoms with Gasteiger partial charge in [-0.15, -0.1) is 0 Å². The first-order chi connectivity index (χ1) is 12.3. The molecule has 8 nitrogen and oxygen atoms in total. The van der Waals surface area contributed by atoms with Gasteiger partial charge in [-0.05, 0) is 61.2 Å². The molecule has 0 aromatic rings. The summed E-state index contributed by atoms with van der Waals surface area (Å²) < 4.78 is 88.7. The van der Waals surface area contributed by atoms with E-state index in [0.717, 1.165) is 0 Å². The van der Waals surface area contributed by atoms with E-state index in [4.69, 9.17) is 4.18 Å². The number of hydrogen-bond donors (Lipinski definition) is 3. The van der Waals surface area contributed by atoms with Crippen molar-refractivity contribution in [2.75, 3.05) is 13.2 Å². The number of nitrogens with one attached hydrogen (secondary N) is 1. The third-order valence-electron chi connectivity index (χ3n) is 6.44. The minimum Gasteiger partial charge on any atom is -0.396 e. The van der Waals surface area contributed by atoms with Gasteiger partial charge < -0.3 is 10.2 Å². The van der Waals surface area contributed by atoms with E-state index in [1.165, 1.54) is 0 Å². The Morgan fingerprint density at radius 2 is 1.78 bits per heavy atom. The van der Waals surface area contributed by atoms with Gasteiger partial charge in [-0.25, -0.2) is 8.42 Å². The Kier molecular flexibility index (Phi) is 5.13. The summed E-state index contributed by atoms with van der Waals surface area (Å²) in [6, 6.07) is 0. The first-order valence-electron chi connectivity index (χ1n) is 8.52. The summed E-state index contributed by atoms with van der Waals surface area (Å²) >= 11 is 0. The molecule has 3 rings (SSSR count). The molecular formula is C14H22F3NO7S2. The summed E-state index contributed by atoms with van der Waals surface area (Å²) in [5.41, 5.74) is -6.74. The second-order valence-corrected chi connectivity index (χ2v) is 11.4. The predicted octanol–water partition coefficient (Wildman–Crippen LogP) is 0.627. The fourth-order valence-corrected chi connectivity index (χ4v) is 7.54. The molecule has 5 atom stereocenters. The fraction of sp³-hybridized carbons (Fsp3) is 1.00. The maximum atomic E-state index is 12.4. The van der Waals surface area contributed by atoms with Gasteiger partial charge in [0.15, 0.2) is 0 Å². The van der Waals surface area contributed by atoms with Gasteiger partial charge in [0.25, 0.3) is 0 Å². The minimum absolute atomic E-state index is 0.113. The predicted molar refractivity (Wildman–Crippen MR) is 85.6 cm³/mol. The molecule has 0 spiro atoms. The van der Waals surface area contributed by atoms with Crippen LogP contribution in [0.15, 0.2) is 0 Å². The summed E-state index contributed by atoms with van der Waals surface area (Å²) in [5, 5.41) is 19.8. The zero-order valence-electron chi connectivity index (χ0n) is 14.3. The van der Waals surface area contributed by atoms with Crippen molar-refractivity contribution in [3.63, 3.8) is 0 Å². The Balaban J connectivity index is 1.82. The number of aliphatic hydroxyl groups is 2. The summed E-state index contributed by atoms with van der Waals surface area (Å²) in [7, 11) is -11.3. The number of sulfonamides is 1. The lowest BCUT2D eigenvalue weighted by Crippen LogP contribution is -2.59. The molecule has 3 aliphatic carbocycles. The van der Waals surface area contributed by atoms with Gasteiger partial charge in [0.05, 0.1) is 6.10 Å². The molecular weight excluding hydrogens is 415 g/mol. The second-order valence-electron chi connectivity index (χ2n) is 8.12. The van der Waals surface area contributed by atoms with Crippen LogP contribution in [-0.2, 0) is 24.5 Å². The van der Waals surface area contributed by atoms with Crippen LogP contribution in [0.3, 0.4) is 0 Å².